The molecule has 0 bridgehead atoms. The van der Waals surface area contributed by atoms with Gasteiger partial charge in [0.25, 0.3) is 5.91 Å². The van der Waals surface area contributed by atoms with Crippen molar-refractivity contribution < 1.29 is 22.7 Å². The lowest BCUT2D eigenvalue weighted by Gasteiger charge is -2.22. The highest BCUT2D eigenvalue weighted by molar-refractivity contribution is 5.95. The summed E-state index contributed by atoms with van der Waals surface area (Å²) in [7, 11) is 0. The minimum absolute atomic E-state index is 0.130. The molecule has 1 aliphatic rings. The third-order valence-electron chi connectivity index (χ3n) is 4.60. The highest BCUT2D eigenvalue weighted by Crippen LogP contribution is 2.24. The zero-order valence-electron chi connectivity index (χ0n) is 15.3. The molecular formula is C20H22F3N3O2. The number of alkyl halides is 3. The normalized spacial score (nSPS) is 15.2. The summed E-state index contributed by atoms with van der Waals surface area (Å²) < 4.78 is 41.3. The number of ether oxygens (including phenoxy) is 1. The average Bonchev–Trinajstić information content (AvgIpc) is 2.71. The number of nitrogens with zero attached hydrogens (tertiary/aromatic N) is 1. The summed E-state index contributed by atoms with van der Waals surface area (Å²) in [6.07, 6.45) is 0.818. The Balaban J connectivity index is 1.61. The van der Waals surface area contributed by atoms with Gasteiger partial charge in [-0.05, 0) is 55.6 Å². The standard InChI is InChI=1S/C20H22F3N3O2/c21-20(22,23)13-28-18-3-1-15(2-4-18)16-9-17(12-25-11-16)19(27)26-10-14-5-7-24-8-6-14/h1-4,9,11-12,14,24H,5-8,10,13H2,(H,26,27). The summed E-state index contributed by atoms with van der Waals surface area (Å²) in [6, 6.07) is 7.92. The highest BCUT2D eigenvalue weighted by Gasteiger charge is 2.28. The third kappa shape index (κ3) is 5.95. The van der Waals surface area contributed by atoms with E-state index in [9.17, 15) is 18.0 Å². The van der Waals surface area contributed by atoms with Crippen molar-refractivity contribution in [3.63, 3.8) is 0 Å². The Morgan fingerprint density at radius 2 is 1.86 bits per heavy atom. The van der Waals surface area contributed by atoms with Crippen LogP contribution in [0.15, 0.2) is 42.7 Å². The van der Waals surface area contributed by atoms with Crippen LogP contribution in [-0.2, 0) is 0 Å². The van der Waals surface area contributed by atoms with Gasteiger partial charge in [-0.15, -0.1) is 0 Å². The molecule has 0 unspecified atom stereocenters. The summed E-state index contributed by atoms with van der Waals surface area (Å²) in [6.45, 7) is 1.25. The van der Waals surface area contributed by atoms with E-state index >= 15 is 0 Å². The molecule has 0 aliphatic carbocycles. The maximum absolute atomic E-state index is 12.4. The van der Waals surface area contributed by atoms with E-state index in [0.29, 0.717) is 23.6 Å². The van der Waals surface area contributed by atoms with Gasteiger partial charge in [-0.3, -0.25) is 9.78 Å². The third-order valence-corrected chi connectivity index (χ3v) is 4.60. The number of rotatable bonds is 6. The van der Waals surface area contributed by atoms with Gasteiger partial charge in [0.15, 0.2) is 6.61 Å². The minimum Gasteiger partial charge on any atom is -0.484 e. The largest absolute Gasteiger partial charge is 0.484 e. The molecule has 8 heteroatoms. The topological polar surface area (TPSA) is 63.2 Å². The molecule has 150 valence electrons. The zero-order valence-corrected chi connectivity index (χ0v) is 15.3. The smallest absolute Gasteiger partial charge is 0.422 e. The first-order valence-electron chi connectivity index (χ1n) is 9.15. The van der Waals surface area contributed by atoms with Crippen LogP contribution in [0.1, 0.15) is 23.2 Å². The van der Waals surface area contributed by atoms with Gasteiger partial charge >= 0.3 is 6.18 Å². The van der Waals surface area contributed by atoms with Crippen LogP contribution < -0.4 is 15.4 Å². The SMILES string of the molecule is O=C(NCC1CCNCC1)c1cncc(-c2ccc(OCC(F)(F)F)cc2)c1. The summed E-state index contributed by atoms with van der Waals surface area (Å²) in [5, 5.41) is 6.25. The summed E-state index contributed by atoms with van der Waals surface area (Å²) in [4.78, 5) is 16.5. The molecule has 1 amide bonds. The summed E-state index contributed by atoms with van der Waals surface area (Å²) in [5.74, 6) is 0.425. The van der Waals surface area contributed by atoms with E-state index in [2.05, 4.69) is 15.6 Å². The van der Waals surface area contributed by atoms with Gasteiger partial charge in [-0.2, -0.15) is 13.2 Å². The molecule has 28 heavy (non-hydrogen) atoms. The number of hydrogen-bond acceptors (Lipinski definition) is 4. The van der Waals surface area contributed by atoms with Gasteiger partial charge in [0.1, 0.15) is 5.75 Å². The lowest BCUT2D eigenvalue weighted by atomic mass is 9.98. The molecule has 3 rings (SSSR count). The fraction of sp³-hybridized carbons (Fsp3) is 0.400. The van der Waals surface area contributed by atoms with Crippen molar-refractivity contribution in [1.82, 2.24) is 15.6 Å². The maximum atomic E-state index is 12.4. The number of piperidine rings is 1. The molecule has 0 saturated carbocycles. The number of nitrogens with one attached hydrogen (secondary N) is 2. The van der Waals surface area contributed by atoms with Crippen LogP contribution >= 0.6 is 0 Å². The van der Waals surface area contributed by atoms with E-state index in [-0.39, 0.29) is 11.7 Å². The molecule has 1 aromatic heterocycles. The number of benzene rings is 1. The molecule has 0 radical (unpaired) electrons. The van der Waals surface area contributed by atoms with E-state index in [1.165, 1.54) is 18.3 Å². The number of hydrogen-bond donors (Lipinski definition) is 2. The van der Waals surface area contributed by atoms with Crippen molar-refractivity contribution >= 4 is 5.91 Å². The first-order valence-corrected chi connectivity index (χ1v) is 9.15. The predicted octanol–water partition coefficient (Wildman–Crippen LogP) is 3.42. The maximum Gasteiger partial charge on any atom is 0.422 e. The number of carbonyl (C=O) groups excluding carboxylic acids is 1. The highest BCUT2D eigenvalue weighted by atomic mass is 19.4. The van der Waals surface area contributed by atoms with Crippen LogP contribution in [0.5, 0.6) is 5.75 Å². The van der Waals surface area contributed by atoms with Crippen molar-refractivity contribution in [1.29, 1.82) is 0 Å². The Bertz CT molecular complexity index is 788. The van der Waals surface area contributed by atoms with Gasteiger partial charge in [0.05, 0.1) is 5.56 Å². The molecule has 0 atom stereocenters. The quantitative estimate of drug-likeness (QED) is 0.790. The van der Waals surface area contributed by atoms with Crippen molar-refractivity contribution in [2.75, 3.05) is 26.2 Å². The second-order valence-corrected chi connectivity index (χ2v) is 6.79. The number of pyridine rings is 1. The molecule has 2 aromatic rings. The molecule has 2 heterocycles. The van der Waals surface area contributed by atoms with Crippen LogP contribution in [0.25, 0.3) is 11.1 Å². The molecule has 5 nitrogen and oxygen atoms in total. The Hall–Kier alpha value is -2.61. The summed E-state index contributed by atoms with van der Waals surface area (Å²) in [5.41, 5.74) is 1.89. The molecule has 2 N–H and O–H groups in total. The van der Waals surface area contributed by atoms with E-state index in [4.69, 9.17) is 4.74 Å². The Kier molecular flexibility index (Phi) is 6.51. The van der Waals surface area contributed by atoms with Crippen LogP contribution in [-0.4, -0.2) is 43.3 Å². The second-order valence-electron chi connectivity index (χ2n) is 6.79. The van der Waals surface area contributed by atoms with Crippen molar-refractivity contribution in [3.05, 3.63) is 48.3 Å². The number of halogens is 3. The second kappa shape index (κ2) is 9.05. The van der Waals surface area contributed by atoms with Crippen molar-refractivity contribution in [2.24, 2.45) is 5.92 Å². The van der Waals surface area contributed by atoms with Gasteiger partial charge < -0.3 is 15.4 Å². The van der Waals surface area contributed by atoms with E-state index in [1.54, 1.807) is 24.4 Å². The Labute approximate surface area is 161 Å². The van der Waals surface area contributed by atoms with E-state index < -0.39 is 12.8 Å². The molecular weight excluding hydrogens is 371 g/mol. The fourth-order valence-electron chi connectivity index (χ4n) is 3.06. The Morgan fingerprint density at radius 1 is 1.14 bits per heavy atom. The lowest BCUT2D eigenvalue weighted by molar-refractivity contribution is -0.153. The molecule has 0 spiro atoms. The van der Waals surface area contributed by atoms with Gasteiger partial charge in [-0.25, -0.2) is 0 Å². The minimum atomic E-state index is -4.38. The van der Waals surface area contributed by atoms with Crippen molar-refractivity contribution in [2.45, 2.75) is 19.0 Å². The summed E-state index contributed by atoms with van der Waals surface area (Å²) >= 11 is 0. The first kappa shape index (κ1) is 20.1. The molecule has 1 saturated heterocycles. The lowest BCUT2D eigenvalue weighted by Crippen LogP contribution is -2.36. The first-order chi connectivity index (χ1) is 13.4. The number of carbonyl (C=O) groups is 1. The predicted molar refractivity (Wildman–Crippen MR) is 99.1 cm³/mol. The van der Waals surface area contributed by atoms with E-state index in [0.717, 1.165) is 31.5 Å². The Morgan fingerprint density at radius 3 is 2.54 bits per heavy atom. The number of amides is 1. The van der Waals surface area contributed by atoms with Gasteiger partial charge in [0, 0.05) is 24.5 Å². The molecule has 1 aromatic carbocycles. The average molecular weight is 393 g/mol. The van der Waals surface area contributed by atoms with Crippen LogP contribution in [0.2, 0.25) is 0 Å². The monoisotopic (exact) mass is 393 g/mol. The zero-order chi connectivity index (χ0) is 20.0. The van der Waals surface area contributed by atoms with Crippen LogP contribution in [0.4, 0.5) is 13.2 Å². The fourth-order valence-corrected chi connectivity index (χ4v) is 3.06. The van der Waals surface area contributed by atoms with Crippen LogP contribution in [0.3, 0.4) is 0 Å². The van der Waals surface area contributed by atoms with Crippen LogP contribution in [0, 0.1) is 5.92 Å². The van der Waals surface area contributed by atoms with Gasteiger partial charge in [-0.1, -0.05) is 12.1 Å². The van der Waals surface area contributed by atoms with Gasteiger partial charge in [0.2, 0.25) is 0 Å². The van der Waals surface area contributed by atoms with E-state index in [1.807, 2.05) is 0 Å². The number of aromatic nitrogens is 1. The van der Waals surface area contributed by atoms with Crippen molar-refractivity contribution in [3.8, 4) is 16.9 Å². The molecule has 1 aliphatic heterocycles. The molecule has 1 fully saturated rings.